The molecule has 0 radical (unpaired) electrons. The molecule has 0 aliphatic rings. The van der Waals surface area contributed by atoms with Gasteiger partial charge in [0.25, 0.3) is 0 Å². The lowest BCUT2D eigenvalue weighted by molar-refractivity contribution is 0.145. The Morgan fingerprint density at radius 1 is 0.903 bits per heavy atom. The van der Waals surface area contributed by atoms with Crippen molar-refractivity contribution in [1.29, 1.82) is 0 Å². The fraction of sp³-hybridized carbons (Fsp3) is 0.0870. The summed E-state index contributed by atoms with van der Waals surface area (Å²) in [6.07, 6.45) is 0.117. The van der Waals surface area contributed by atoms with E-state index in [1.54, 1.807) is 41.1 Å². The van der Waals surface area contributed by atoms with Gasteiger partial charge >= 0.3 is 6.16 Å². The molecule has 158 valence electrons. The van der Waals surface area contributed by atoms with E-state index in [2.05, 4.69) is 0 Å². The Hall–Kier alpha value is -3.94. The molecule has 4 rings (SSSR count). The summed E-state index contributed by atoms with van der Waals surface area (Å²) in [4.78, 5) is 10.9. The monoisotopic (exact) mass is 427 g/mol. The average Bonchev–Trinajstić information content (AvgIpc) is 3.15. The van der Waals surface area contributed by atoms with Gasteiger partial charge in [0.2, 0.25) is 0 Å². The van der Waals surface area contributed by atoms with E-state index in [4.69, 9.17) is 14.6 Å². The lowest BCUT2D eigenvalue weighted by Crippen LogP contribution is -2.06. The van der Waals surface area contributed by atoms with Crippen LogP contribution >= 0.6 is 0 Å². The molecule has 0 amide bonds. The minimum absolute atomic E-state index is 0.0268. The van der Waals surface area contributed by atoms with Gasteiger partial charge in [0.1, 0.15) is 35.6 Å². The van der Waals surface area contributed by atoms with E-state index in [1.165, 1.54) is 12.1 Å². The van der Waals surface area contributed by atoms with Crippen molar-refractivity contribution in [2.24, 2.45) is 0 Å². The van der Waals surface area contributed by atoms with Gasteiger partial charge < -0.3 is 19.1 Å². The van der Waals surface area contributed by atoms with Gasteiger partial charge in [-0.15, -0.1) is 0 Å². The number of halogens is 3. The van der Waals surface area contributed by atoms with Crippen molar-refractivity contribution in [2.45, 2.75) is 13.2 Å². The van der Waals surface area contributed by atoms with Gasteiger partial charge in [-0.2, -0.15) is 0 Å². The van der Waals surface area contributed by atoms with Crippen molar-refractivity contribution in [3.05, 3.63) is 95.4 Å². The molecule has 0 saturated heterocycles. The Balaban J connectivity index is 1.62. The van der Waals surface area contributed by atoms with Crippen molar-refractivity contribution in [3.8, 4) is 11.5 Å². The molecule has 0 atom stereocenters. The van der Waals surface area contributed by atoms with Crippen LogP contribution in [0.25, 0.3) is 10.9 Å². The Morgan fingerprint density at radius 2 is 1.71 bits per heavy atom. The maximum atomic E-state index is 14.5. The van der Waals surface area contributed by atoms with Crippen molar-refractivity contribution in [3.63, 3.8) is 0 Å². The molecule has 0 saturated carbocycles. The first-order valence-corrected chi connectivity index (χ1v) is 9.25. The summed E-state index contributed by atoms with van der Waals surface area (Å²) in [5.41, 5.74) is 1.06. The first-order chi connectivity index (χ1) is 14.9. The maximum absolute atomic E-state index is 14.5. The second-order valence-corrected chi connectivity index (χ2v) is 6.75. The highest BCUT2D eigenvalue weighted by Gasteiger charge is 2.15. The number of rotatable bonds is 6. The van der Waals surface area contributed by atoms with Crippen LogP contribution in [0.4, 0.5) is 18.0 Å². The number of hydrogen-bond acceptors (Lipinski definition) is 3. The average molecular weight is 427 g/mol. The normalized spacial score (nSPS) is 10.9. The van der Waals surface area contributed by atoms with Crippen molar-refractivity contribution in [2.75, 3.05) is 0 Å². The molecule has 0 spiro atoms. The summed E-state index contributed by atoms with van der Waals surface area (Å²) in [6, 6.07) is 14.2. The predicted octanol–water partition coefficient (Wildman–Crippen LogP) is 5.74. The molecule has 0 aliphatic carbocycles. The molecule has 4 aromatic rings. The number of carbonyl (C=O) groups is 1. The highest BCUT2D eigenvalue weighted by atomic mass is 19.1. The highest BCUT2D eigenvalue weighted by Crippen LogP contribution is 2.31. The van der Waals surface area contributed by atoms with Gasteiger partial charge in [-0.1, -0.05) is 18.2 Å². The smallest absolute Gasteiger partial charge is 0.488 e. The van der Waals surface area contributed by atoms with Gasteiger partial charge in [0.05, 0.1) is 12.1 Å². The van der Waals surface area contributed by atoms with E-state index in [0.29, 0.717) is 16.7 Å². The standard InChI is InChI=1S/C23H16F3NO4/c24-16-6-5-15(19(26)11-16)13-30-20-4-2-1-3-14(20)12-27-10-9-17-21(31-23(28)29)8-7-18(25)22(17)27/h1-11H,12-13H2,(H,28,29). The minimum Gasteiger partial charge on any atom is -0.488 e. The number of fused-ring (bicyclic) bond motifs is 1. The summed E-state index contributed by atoms with van der Waals surface area (Å²) >= 11 is 0. The summed E-state index contributed by atoms with van der Waals surface area (Å²) < 4.78 is 53.6. The lowest BCUT2D eigenvalue weighted by atomic mass is 10.2. The molecule has 0 unspecified atom stereocenters. The number of para-hydroxylation sites is 1. The van der Waals surface area contributed by atoms with Crippen molar-refractivity contribution < 1.29 is 32.5 Å². The highest BCUT2D eigenvalue weighted by molar-refractivity contribution is 5.88. The van der Waals surface area contributed by atoms with E-state index < -0.39 is 23.6 Å². The van der Waals surface area contributed by atoms with Crippen LogP contribution < -0.4 is 9.47 Å². The van der Waals surface area contributed by atoms with Crippen molar-refractivity contribution in [1.82, 2.24) is 4.57 Å². The fourth-order valence-electron chi connectivity index (χ4n) is 3.32. The number of hydrogen-bond donors (Lipinski definition) is 1. The molecule has 5 nitrogen and oxygen atoms in total. The topological polar surface area (TPSA) is 60.7 Å². The second-order valence-electron chi connectivity index (χ2n) is 6.75. The van der Waals surface area contributed by atoms with Gasteiger partial charge in [-0.3, -0.25) is 0 Å². The number of aromatic nitrogens is 1. The first-order valence-electron chi connectivity index (χ1n) is 9.25. The molecule has 1 heterocycles. The second kappa shape index (κ2) is 8.43. The van der Waals surface area contributed by atoms with Gasteiger partial charge in [0.15, 0.2) is 0 Å². The van der Waals surface area contributed by atoms with Crippen LogP contribution in [0, 0.1) is 17.5 Å². The quantitative estimate of drug-likeness (QED) is 0.315. The largest absolute Gasteiger partial charge is 0.511 e. The third kappa shape index (κ3) is 4.32. The van der Waals surface area contributed by atoms with Crippen LogP contribution in [-0.4, -0.2) is 15.8 Å². The first kappa shape index (κ1) is 20.3. The summed E-state index contributed by atoms with van der Waals surface area (Å²) in [5.74, 6) is -1.44. The molecule has 1 N–H and O–H groups in total. The Morgan fingerprint density at radius 3 is 2.48 bits per heavy atom. The zero-order valence-electron chi connectivity index (χ0n) is 16.0. The van der Waals surface area contributed by atoms with E-state index in [9.17, 15) is 18.0 Å². The predicted molar refractivity (Wildman–Crippen MR) is 107 cm³/mol. The summed E-state index contributed by atoms with van der Waals surface area (Å²) in [7, 11) is 0. The zero-order valence-corrected chi connectivity index (χ0v) is 16.0. The van der Waals surface area contributed by atoms with Gasteiger partial charge in [-0.05, 0) is 36.4 Å². The fourth-order valence-corrected chi connectivity index (χ4v) is 3.32. The van der Waals surface area contributed by atoms with E-state index >= 15 is 0 Å². The minimum atomic E-state index is -1.49. The number of carboxylic acid groups (broad SMARTS) is 1. The van der Waals surface area contributed by atoms with E-state index in [1.807, 2.05) is 0 Å². The van der Waals surface area contributed by atoms with Gasteiger partial charge in [-0.25, -0.2) is 18.0 Å². The molecule has 3 aromatic carbocycles. The lowest BCUT2D eigenvalue weighted by Gasteiger charge is -2.14. The van der Waals surface area contributed by atoms with Crippen LogP contribution in [0.3, 0.4) is 0 Å². The maximum Gasteiger partial charge on any atom is 0.511 e. The van der Waals surface area contributed by atoms with E-state index in [0.717, 1.165) is 18.2 Å². The molecular weight excluding hydrogens is 411 g/mol. The summed E-state index contributed by atoms with van der Waals surface area (Å²) in [5, 5.41) is 9.19. The third-order valence-corrected chi connectivity index (χ3v) is 4.75. The van der Waals surface area contributed by atoms with Crippen LogP contribution in [0.5, 0.6) is 11.5 Å². The Kier molecular flexibility index (Phi) is 5.53. The number of benzene rings is 3. The van der Waals surface area contributed by atoms with Crippen LogP contribution in [-0.2, 0) is 13.2 Å². The number of ether oxygens (including phenoxy) is 2. The van der Waals surface area contributed by atoms with Crippen LogP contribution in [0.15, 0.2) is 66.9 Å². The van der Waals surface area contributed by atoms with E-state index in [-0.39, 0.29) is 30.0 Å². The Bertz CT molecular complexity index is 1270. The molecule has 0 aliphatic heterocycles. The molecule has 0 bridgehead atoms. The van der Waals surface area contributed by atoms with Gasteiger partial charge in [0, 0.05) is 28.8 Å². The number of nitrogens with zero attached hydrogens (tertiary/aromatic N) is 1. The third-order valence-electron chi connectivity index (χ3n) is 4.75. The molecule has 1 aromatic heterocycles. The Labute approximate surface area is 174 Å². The zero-order chi connectivity index (χ0) is 22.0. The molecule has 8 heteroatoms. The summed E-state index contributed by atoms with van der Waals surface area (Å²) in [6.45, 7) is 0.0968. The van der Waals surface area contributed by atoms with Crippen LogP contribution in [0.1, 0.15) is 11.1 Å². The SMILES string of the molecule is O=C(O)Oc1ccc(F)c2c1ccn2Cc1ccccc1OCc1ccc(F)cc1F. The molecular formula is C23H16F3NO4. The van der Waals surface area contributed by atoms with Crippen LogP contribution in [0.2, 0.25) is 0 Å². The molecule has 31 heavy (non-hydrogen) atoms. The molecule has 0 fully saturated rings. The van der Waals surface area contributed by atoms with Crippen molar-refractivity contribution >= 4 is 17.1 Å².